The molecule has 0 saturated carbocycles. The molecule has 15 heavy (non-hydrogen) atoms. The Bertz CT molecular complexity index is 419. The highest BCUT2D eigenvalue weighted by molar-refractivity contribution is 6.05. The number of nitrogens with zero attached hydrogens (tertiary/aromatic N) is 2. The first-order valence-corrected chi connectivity index (χ1v) is 4.86. The quantitative estimate of drug-likeness (QED) is 0.735. The Kier molecular flexibility index (Phi) is 2.45. The van der Waals surface area contributed by atoms with Crippen LogP contribution in [0.1, 0.15) is 19.6 Å². The molecule has 0 aromatic carbocycles. The molecular formula is C10H14N4O. The zero-order valence-corrected chi connectivity index (χ0v) is 9.03. The van der Waals surface area contributed by atoms with E-state index >= 15 is 0 Å². The second-order valence-electron chi connectivity index (χ2n) is 3.48. The lowest BCUT2D eigenvalue weighted by Crippen LogP contribution is -2.38. The molecule has 2 rings (SSSR count). The Morgan fingerprint density at radius 1 is 1.33 bits per heavy atom. The van der Waals surface area contributed by atoms with Crippen molar-refractivity contribution in [3.63, 3.8) is 0 Å². The first-order valence-electron chi connectivity index (χ1n) is 4.86. The highest BCUT2D eigenvalue weighted by atomic mass is 16.4. The summed E-state index contributed by atoms with van der Waals surface area (Å²) in [5, 5.41) is 6.09. The number of furan rings is 1. The molecule has 0 amide bonds. The zero-order chi connectivity index (χ0) is 10.8. The Morgan fingerprint density at radius 3 is 2.73 bits per heavy atom. The minimum Gasteiger partial charge on any atom is -0.446 e. The molecule has 1 aliphatic rings. The van der Waals surface area contributed by atoms with Gasteiger partial charge in [0.1, 0.15) is 17.8 Å². The van der Waals surface area contributed by atoms with Crippen LogP contribution in [0.3, 0.4) is 0 Å². The van der Waals surface area contributed by atoms with Crippen molar-refractivity contribution in [1.82, 2.24) is 5.32 Å². The van der Waals surface area contributed by atoms with Crippen LogP contribution in [-0.2, 0) is 0 Å². The van der Waals surface area contributed by atoms with Crippen molar-refractivity contribution in [3.8, 4) is 0 Å². The predicted octanol–water partition coefficient (Wildman–Crippen LogP) is 1.72. The van der Waals surface area contributed by atoms with Gasteiger partial charge < -0.3 is 9.73 Å². The summed E-state index contributed by atoms with van der Waals surface area (Å²) in [5.74, 6) is 3.07. The van der Waals surface area contributed by atoms with Crippen molar-refractivity contribution in [2.45, 2.75) is 26.9 Å². The topological polar surface area (TPSA) is 61.9 Å². The van der Waals surface area contributed by atoms with Gasteiger partial charge >= 0.3 is 0 Å². The number of guanidine groups is 1. The molecule has 0 saturated heterocycles. The molecule has 1 aromatic rings. The van der Waals surface area contributed by atoms with Gasteiger partial charge in [0.05, 0.1) is 0 Å². The summed E-state index contributed by atoms with van der Waals surface area (Å²) in [5.41, 5.74) is 0. The monoisotopic (exact) mass is 206 g/mol. The SMILES string of the molecule is CC1=NC(C)N=C(Nc2ccc(C)o2)N1. The molecule has 1 atom stereocenters. The molecule has 1 unspecified atom stereocenters. The van der Waals surface area contributed by atoms with E-state index in [4.69, 9.17) is 4.42 Å². The van der Waals surface area contributed by atoms with Crippen molar-refractivity contribution in [2.75, 3.05) is 5.32 Å². The fourth-order valence-electron chi connectivity index (χ4n) is 1.41. The molecule has 2 heterocycles. The molecule has 0 fully saturated rings. The third kappa shape index (κ3) is 2.37. The molecule has 1 aliphatic heterocycles. The van der Waals surface area contributed by atoms with E-state index in [-0.39, 0.29) is 6.17 Å². The molecule has 5 heteroatoms. The fraction of sp³-hybridized carbons (Fsp3) is 0.400. The largest absolute Gasteiger partial charge is 0.446 e. The maximum Gasteiger partial charge on any atom is 0.205 e. The predicted molar refractivity (Wildman–Crippen MR) is 60.2 cm³/mol. The number of rotatable bonds is 1. The average Bonchev–Trinajstić information content (AvgIpc) is 2.49. The van der Waals surface area contributed by atoms with Gasteiger partial charge in [-0.1, -0.05) is 0 Å². The third-order valence-corrected chi connectivity index (χ3v) is 1.98. The first-order chi connectivity index (χ1) is 7.13. The van der Waals surface area contributed by atoms with Gasteiger partial charge in [0.2, 0.25) is 5.96 Å². The van der Waals surface area contributed by atoms with Crippen molar-refractivity contribution in [3.05, 3.63) is 17.9 Å². The van der Waals surface area contributed by atoms with Crippen LogP contribution in [0.5, 0.6) is 0 Å². The van der Waals surface area contributed by atoms with Gasteiger partial charge in [0.25, 0.3) is 0 Å². The minimum absolute atomic E-state index is 0.0511. The van der Waals surface area contributed by atoms with Crippen LogP contribution in [0.2, 0.25) is 0 Å². The number of nitrogens with one attached hydrogen (secondary N) is 2. The maximum atomic E-state index is 5.38. The van der Waals surface area contributed by atoms with E-state index in [0.29, 0.717) is 11.8 Å². The second kappa shape index (κ2) is 3.76. The first kappa shape index (κ1) is 9.76. The summed E-state index contributed by atoms with van der Waals surface area (Å²) in [4.78, 5) is 8.51. The summed E-state index contributed by atoms with van der Waals surface area (Å²) >= 11 is 0. The molecule has 0 radical (unpaired) electrons. The summed E-state index contributed by atoms with van der Waals surface area (Å²) in [6.07, 6.45) is -0.0511. The fourth-order valence-corrected chi connectivity index (χ4v) is 1.41. The van der Waals surface area contributed by atoms with Gasteiger partial charge in [-0.15, -0.1) is 0 Å². The summed E-state index contributed by atoms with van der Waals surface area (Å²) in [7, 11) is 0. The van der Waals surface area contributed by atoms with E-state index < -0.39 is 0 Å². The lowest BCUT2D eigenvalue weighted by Gasteiger charge is -2.16. The number of anilines is 1. The Hall–Kier alpha value is -1.78. The van der Waals surface area contributed by atoms with Crippen LogP contribution in [0, 0.1) is 6.92 Å². The van der Waals surface area contributed by atoms with Crippen molar-refractivity contribution in [2.24, 2.45) is 9.98 Å². The molecule has 1 aromatic heterocycles. The van der Waals surface area contributed by atoms with Crippen molar-refractivity contribution < 1.29 is 4.42 Å². The summed E-state index contributed by atoms with van der Waals surface area (Å²) in [6.45, 7) is 5.73. The minimum atomic E-state index is -0.0511. The van der Waals surface area contributed by atoms with Crippen molar-refractivity contribution in [1.29, 1.82) is 0 Å². The van der Waals surface area contributed by atoms with Crippen LogP contribution in [0.25, 0.3) is 0 Å². The lowest BCUT2D eigenvalue weighted by atomic mass is 10.5. The number of amidine groups is 1. The molecule has 0 aliphatic carbocycles. The molecule has 0 bridgehead atoms. The van der Waals surface area contributed by atoms with Gasteiger partial charge in [-0.05, 0) is 26.8 Å². The van der Waals surface area contributed by atoms with Crippen LogP contribution in [-0.4, -0.2) is 18.0 Å². The van der Waals surface area contributed by atoms with E-state index in [1.54, 1.807) is 0 Å². The van der Waals surface area contributed by atoms with Gasteiger partial charge in [0, 0.05) is 6.07 Å². The number of aliphatic imine (C=N–C) groups is 2. The summed E-state index contributed by atoms with van der Waals surface area (Å²) in [6, 6.07) is 3.77. The number of aryl methyl sites for hydroxylation is 1. The van der Waals surface area contributed by atoms with E-state index in [9.17, 15) is 0 Å². The normalized spacial score (nSPS) is 20.3. The second-order valence-corrected chi connectivity index (χ2v) is 3.48. The third-order valence-electron chi connectivity index (χ3n) is 1.98. The van der Waals surface area contributed by atoms with Crippen molar-refractivity contribution >= 4 is 17.7 Å². The molecule has 5 nitrogen and oxygen atoms in total. The van der Waals surface area contributed by atoms with E-state index in [1.165, 1.54) is 0 Å². The van der Waals surface area contributed by atoms with Crippen LogP contribution in [0.15, 0.2) is 26.5 Å². The molecule has 2 N–H and O–H groups in total. The highest BCUT2D eigenvalue weighted by Crippen LogP contribution is 2.12. The van der Waals surface area contributed by atoms with Crippen LogP contribution < -0.4 is 10.6 Å². The Labute approximate surface area is 88.3 Å². The average molecular weight is 206 g/mol. The standard InChI is InChI=1S/C10H14N4O/c1-6-4-5-9(15-6)14-10-12-7(2)11-8(3)13-10/h4-5,7H,1-3H3,(H2,11,12,13,14). The Balaban J connectivity index is 2.07. The van der Waals surface area contributed by atoms with E-state index in [0.717, 1.165) is 11.6 Å². The van der Waals surface area contributed by atoms with Gasteiger partial charge in [0.15, 0.2) is 5.88 Å². The van der Waals surface area contributed by atoms with E-state index in [2.05, 4.69) is 20.6 Å². The van der Waals surface area contributed by atoms with Crippen LogP contribution in [0.4, 0.5) is 5.88 Å². The zero-order valence-electron chi connectivity index (χ0n) is 9.03. The lowest BCUT2D eigenvalue weighted by molar-refractivity contribution is 0.551. The number of hydrogen-bond donors (Lipinski definition) is 2. The van der Waals surface area contributed by atoms with Gasteiger partial charge in [-0.25, -0.2) is 9.98 Å². The van der Waals surface area contributed by atoms with Crippen LogP contribution >= 0.6 is 0 Å². The smallest absolute Gasteiger partial charge is 0.205 e. The Morgan fingerprint density at radius 2 is 2.13 bits per heavy atom. The van der Waals surface area contributed by atoms with E-state index in [1.807, 2.05) is 32.9 Å². The molecule has 80 valence electrons. The summed E-state index contributed by atoms with van der Waals surface area (Å²) < 4.78 is 5.38. The number of hydrogen-bond acceptors (Lipinski definition) is 5. The maximum absolute atomic E-state index is 5.38. The molecule has 0 spiro atoms. The van der Waals surface area contributed by atoms with Gasteiger partial charge in [-0.3, -0.25) is 5.32 Å². The highest BCUT2D eigenvalue weighted by Gasteiger charge is 2.10. The molecular weight excluding hydrogens is 192 g/mol. The van der Waals surface area contributed by atoms with Gasteiger partial charge in [-0.2, -0.15) is 0 Å².